The van der Waals surface area contributed by atoms with Crippen LogP contribution in [0.25, 0.3) is 22.2 Å². The third-order valence-electron chi connectivity index (χ3n) is 5.02. The summed E-state index contributed by atoms with van der Waals surface area (Å²) >= 11 is 12.3. The normalized spacial score (nSPS) is 15.4. The van der Waals surface area contributed by atoms with E-state index >= 15 is 0 Å². The molecule has 2 heterocycles. The van der Waals surface area contributed by atoms with Crippen LogP contribution in [0.2, 0.25) is 10.0 Å². The zero-order valence-electron chi connectivity index (χ0n) is 15.1. The minimum atomic E-state index is -0.218. The van der Waals surface area contributed by atoms with Gasteiger partial charge in [-0.3, -0.25) is 4.79 Å². The van der Waals surface area contributed by atoms with Gasteiger partial charge in [0, 0.05) is 26.9 Å². The molecular formula is C20H21Cl2N3O. The number of fused-ring (bicyclic) bond motifs is 1. The van der Waals surface area contributed by atoms with Crippen LogP contribution in [0, 0.1) is 0 Å². The third kappa shape index (κ3) is 2.95. The predicted octanol–water partition coefficient (Wildman–Crippen LogP) is 5.72. The van der Waals surface area contributed by atoms with Gasteiger partial charge in [0.2, 0.25) is 0 Å². The van der Waals surface area contributed by atoms with E-state index in [0.717, 1.165) is 29.6 Å². The van der Waals surface area contributed by atoms with Crippen molar-refractivity contribution in [3.05, 3.63) is 50.4 Å². The van der Waals surface area contributed by atoms with Crippen molar-refractivity contribution in [3.63, 3.8) is 0 Å². The van der Waals surface area contributed by atoms with E-state index in [2.05, 4.69) is 25.8 Å². The summed E-state index contributed by atoms with van der Waals surface area (Å²) in [5, 5.41) is 6.92. The summed E-state index contributed by atoms with van der Waals surface area (Å²) in [4.78, 5) is 15.9. The van der Waals surface area contributed by atoms with Gasteiger partial charge in [-0.25, -0.2) is 4.68 Å². The van der Waals surface area contributed by atoms with Crippen LogP contribution in [-0.2, 0) is 5.54 Å². The number of halogens is 2. The fourth-order valence-electron chi connectivity index (χ4n) is 3.49. The molecule has 4 nitrogen and oxygen atoms in total. The van der Waals surface area contributed by atoms with Gasteiger partial charge in [0.25, 0.3) is 5.56 Å². The van der Waals surface area contributed by atoms with Gasteiger partial charge in [-0.15, -0.1) is 0 Å². The molecular weight excluding hydrogens is 369 g/mol. The minimum absolute atomic E-state index is 0.165. The molecule has 0 unspecified atom stereocenters. The molecule has 3 aromatic rings. The molecule has 0 saturated heterocycles. The Balaban J connectivity index is 2.00. The topological polar surface area (TPSA) is 50.7 Å². The van der Waals surface area contributed by atoms with Crippen LogP contribution in [0.4, 0.5) is 0 Å². The van der Waals surface area contributed by atoms with Crippen molar-refractivity contribution in [2.75, 3.05) is 0 Å². The van der Waals surface area contributed by atoms with E-state index in [4.69, 9.17) is 28.3 Å². The van der Waals surface area contributed by atoms with Crippen LogP contribution in [0.3, 0.4) is 0 Å². The Bertz CT molecular complexity index is 1040. The third-order valence-corrected chi connectivity index (χ3v) is 5.45. The van der Waals surface area contributed by atoms with Crippen molar-refractivity contribution in [3.8, 4) is 11.1 Å². The molecule has 136 valence electrons. The first kappa shape index (κ1) is 17.6. The van der Waals surface area contributed by atoms with Crippen LogP contribution < -0.4 is 5.56 Å². The van der Waals surface area contributed by atoms with Gasteiger partial charge in [0.05, 0.1) is 11.2 Å². The van der Waals surface area contributed by atoms with Crippen molar-refractivity contribution in [2.24, 2.45) is 0 Å². The Morgan fingerprint density at radius 1 is 1.12 bits per heavy atom. The molecule has 6 heteroatoms. The van der Waals surface area contributed by atoms with E-state index in [1.165, 1.54) is 6.42 Å². The molecule has 26 heavy (non-hydrogen) atoms. The molecule has 1 N–H and O–H groups in total. The second kappa shape index (κ2) is 6.14. The van der Waals surface area contributed by atoms with E-state index in [-0.39, 0.29) is 11.1 Å². The van der Waals surface area contributed by atoms with Crippen LogP contribution in [0.1, 0.15) is 51.6 Å². The molecule has 0 bridgehead atoms. The Hall–Kier alpha value is -1.78. The Morgan fingerprint density at radius 2 is 1.77 bits per heavy atom. The Morgan fingerprint density at radius 3 is 2.31 bits per heavy atom. The molecule has 1 saturated carbocycles. The van der Waals surface area contributed by atoms with Gasteiger partial charge in [0.1, 0.15) is 5.65 Å². The van der Waals surface area contributed by atoms with E-state index < -0.39 is 0 Å². The van der Waals surface area contributed by atoms with Gasteiger partial charge in [-0.2, -0.15) is 5.10 Å². The van der Waals surface area contributed by atoms with Gasteiger partial charge in [-0.05, 0) is 63.4 Å². The lowest BCUT2D eigenvalue weighted by atomic mass is 9.82. The van der Waals surface area contributed by atoms with Crippen molar-refractivity contribution in [2.45, 2.75) is 51.5 Å². The van der Waals surface area contributed by atoms with Crippen LogP contribution in [-0.4, -0.2) is 14.8 Å². The first-order chi connectivity index (χ1) is 12.2. The summed E-state index contributed by atoms with van der Waals surface area (Å²) in [6.45, 7) is 6.27. The number of nitrogens with one attached hydrogen (secondary N) is 1. The number of nitrogens with zero attached hydrogens (tertiary/aromatic N) is 2. The molecule has 4 rings (SSSR count). The van der Waals surface area contributed by atoms with E-state index in [1.54, 1.807) is 18.2 Å². The lowest BCUT2D eigenvalue weighted by Gasteiger charge is -2.24. The number of benzene rings is 1. The molecule has 2 aromatic heterocycles. The van der Waals surface area contributed by atoms with Crippen molar-refractivity contribution in [1.82, 2.24) is 14.8 Å². The zero-order valence-corrected chi connectivity index (χ0v) is 16.6. The first-order valence-corrected chi connectivity index (χ1v) is 9.62. The highest BCUT2D eigenvalue weighted by Gasteiger charge is 2.29. The van der Waals surface area contributed by atoms with E-state index in [0.29, 0.717) is 27.1 Å². The monoisotopic (exact) mass is 389 g/mol. The number of aromatic nitrogens is 3. The van der Waals surface area contributed by atoms with Crippen LogP contribution >= 0.6 is 23.2 Å². The largest absolute Gasteiger partial charge is 0.306 e. The van der Waals surface area contributed by atoms with Gasteiger partial charge < -0.3 is 4.98 Å². The molecule has 1 aliphatic carbocycles. The minimum Gasteiger partial charge on any atom is -0.306 e. The van der Waals surface area contributed by atoms with E-state index in [9.17, 15) is 4.79 Å². The van der Waals surface area contributed by atoms with Crippen LogP contribution in [0.5, 0.6) is 0 Å². The summed E-state index contributed by atoms with van der Waals surface area (Å²) in [5.74, 6) is 0.461. The predicted molar refractivity (Wildman–Crippen MR) is 107 cm³/mol. The lowest BCUT2D eigenvalue weighted by molar-refractivity contribution is 0.349. The molecule has 1 aliphatic rings. The summed E-state index contributed by atoms with van der Waals surface area (Å²) in [5.41, 5.74) is 2.75. The Kier molecular flexibility index (Phi) is 4.16. The average molecular weight is 390 g/mol. The molecule has 0 spiro atoms. The molecule has 0 radical (unpaired) electrons. The SMILES string of the molecule is CC(C)(C)n1nc(C2CCC2)c2cc(-c3cc(Cl)cc(Cl)c3)c(=O)[nH]c21. The maximum absolute atomic E-state index is 12.8. The number of rotatable bonds is 2. The van der Waals surface area contributed by atoms with Crippen molar-refractivity contribution < 1.29 is 0 Å². The highest BCUT2D eigenvalue weighted by molar-refractivity contribution is 6.35. The second-order valence-electron chi connectivity index (χ2n) is 8.03. The zero-order chi connectivity index (χ0) is 18.6. The number of H-pyrrole nitrogens is 1. The Labute approximate surface area is 162 Å². The summed E-state index contributed by atoms with van der Waals surface area (Å²) in [6.07, 6.45) is 3.52. The second-order valence-corrected chi connectivity index (χ2v) is 8.90. The maximum atomic E-state index is 12.8. The van der Waals surface area contributed by atoms with Crippen molar-refractivity contribution in [1.29, 1.82) is 0 Å². The average Bonchev–Trinajstić information content (AvgIpc) is 2.82. The molecule has 0 amide bonds. The fraction of sp³-hybridized carbons (Fsp3) is 0.400. The fourth-order valence-corrected chi connectivity index (χ4v) is 4.01. The molecule has 1 fully saturated rings. The summed E-state index contributed by atoms with van der Waals surface area (Å²) in [6, 6.07) is 7.14. The molecule has 1 aromatic carbocycles. The smallest absolute Gasteiger partial charge is 0.257 e. The van der Waals surface area contributed by atoms with Crippen LogP contribution in [0.15, 0.2) is 29.1 Å². The molecule has 0 atom stereocenters. The highest BCUT2D eigenvalue weighted by Crippen LogP contribution is 2.40. The van der Waals surface area contributed by atoms with Gasteiger partial charge >= 0.3 is 0 Å². The number of hydrogen-bond donors (Lipinski definition) is 1. The number of hydrogen-bond acceptors (Lipinski definition) is 2. The summed E-state index contributed by atoms with van der Waals surface area (Å²) in [7, 11) is 0. The van der Waals surface area contributed by atoms with Gasteiger partial charge in [-0.1, -0.05) is 29.6 Å². The standard InChI is InChI=1S/C20H21Cl2N3O/c1-20(2,3)25-18-16(17(24-25)11-5-4-6-11)10-15(19(26)23-18)12-7-13(21)9-14(22)8-12/h7-11H,4-6H2,1-3H3,(H,23,26). The first-order valence-electron chi connectivity index (χ1n) is 8.87. The quantitative estimate of drug-likeness (QED) is 0.608. The number of aromatic amines is 1. The van der Waals surface area contributed by atoms with Gasteiger partial charge in [0.15, 0.2) is 0 Å². The lowest BCUT2D eigenvalue weighted by Crippen LogP contribution is -2.25. The maximum Gasteiger partial charge on any atom is 0.257 e. The van der Waals surface area contributed by atoms with E-state index in [1.807, 2.05) is 10.7 Å². The number of pyridine rings is 1. The van der Waals surface area contributed by atoms with Crippen molar-refractivity contribution >= 4 is 34.2 Å². The summed E-state index contributed by atoms with van der Waals surface area (Å²) < 4.78 is 1.94. The molecule has 0 aliphatic heterocycles. The highest BCUT2D eigenvalue weighted by atomic mass is 35.5.